The third-order valence-electron chi connectivity index (χ3n) is 3.55. The van der Waals surface area contributed by atoms with Crippen LogP contribution in [0.3, 0.4) is 0 Å². The largest absolute Gasteiger partial charge is 0.379 e. The monoisotopic (exact) mass is 322 g/mol. The maximum atomic E-state index is 9.14. The van der Waals surface area contributed by atoms with Crippen molar-refractivity contribution in [3.05, 3.63) is 82.9 Å². The number of anilines is 1. The molecule has 2 aromatic carbocycles. The van der Waals surface area contributed by atoms with Crippen molar-refractivity contribution >= 4 is 17.3 Å². The molecule has 1 N–H and O–H groups in total. The quantitative estimate of drug-likeness (QED) is 0.770. The van der Waals surface area contributed by atoms with Gasteiger partial charge < -0.3 is 9.88 Å². The molecule has 0 aliphatic carbocycles. The van der Waals surface area contributed by atoms with Crippen LogP contribution in [0.1, 0.15) is 16.7 Å². The summed E-state index contributed by atoms with van der Waals surface area (Å²) in [6, 6.07) is 15.8. The van der Waals surface area contributed by atoms with E-state index in [9.17, 15) is 0 Å². The second-order valence-corrected chi connectivity index (χ2v) is 5.59. The van der Waals surface area contributed by atoms with E-state index in [0.29, 0.717) is 22.8 Å². The van der Waals surface area contributed by atoms with Gasteiger partial charge in [0, 0.05) is 25.5 Å². The number of hydrogen-bond acceptors (Lipinski definition) is 3. The Kier molecular flexibility index (Phi) is 4.60. The molecule has 4 nitrogen and oxygen atoms in total. The summed E-state index contributed by atoms with van der Waals surface area (Å²) < 4.78 is 2.02. The van der Waals surface area contributed by atoms with E-state index in [2.05, 4.69) is 40.6 Å². The zero-order chi connectivity index (χ0) is 16.1. The van der Waals surface area contributed by atoms with E-state index in [-0.39, 0.29) is 0 Å². The van der Waals surface area contributed by atoms with Gasteiger partial charge in [0.05, 0.1) is 22.6 Å². The second-order valence-electron chi connectivity index (χ2n) is 5.18. The molecule has 0 unspecified atom stereocenters. The minimum absolute atomic E-state index is 0.550. The van der Waals surface area contributed by atoms with Gasteiger partial charge in [-0.3, -0.25) is 0 Å². The van der Waals surface area contributed by atoms with Crippen LogP contribution >= 0.6 is 11.6 Å². The number of hydrogen-bond donors (Lipinski definition) is 1. The van der Waals surface area contributed by atoms with Crippen LogP contribution in [0.25, 0.3) is 0 Å². The minimum Gasteiger partial charge on any atom is -0.379 e. The fraction of sp³-hybridized carbons (Fsp3) is 0.111. The second kappa shape index (κ2) is 6.99. The van der Waals surface area contributed by atoms with Gasteiger partial charge in [0.1, 0.15) is 6.07 Å². The minimum atomic E-state index is 0.550. The lowest BCUT2D eigenvalue weighted by Crippen LogP contribution is -2.02. The Balaban J connectivity index is 1.66. The van der Waals surface area contributed by atoms with Crippen molar-refractivity contribution in [2.24, 2.45) is 0 Å². The first-order valence-corrected chi connectivity index (χ1v) is 7.60. The maximum Gasteiger partial charge on any atom is 0.101 e. The van der Waals surface area contributed by atoms with Gasteiger partial charge >= 0.3 is 0 Å². The zero-order valence-electron chi connectivity index (χ0n) is 12.4. The van der Waals surface area contributed by atoms with Crippen LogP contribution in [0.15, 0.2) is 61.2 Å². The number of aromatic nitrogens is 2. The lowest BCUT2D eigenvalue weighted by molar-refractivity contribution is 0.797. The summed E-state index contributed by atoms with van der Waals surface area (Å²) in [6.07, 6.45) is 5.52. The Morgan fingerprint density at radius 3 is 2.61 bits per heavy atom. The molecule has 1 heterocycles. The van der Waals surface area contributed by atoms with Gasteiger partial charge in [-0.1, -0.05) is 41.9 Å². The van der Waals surface area contributed by atoms with Gasteiger partial charge in [-0.05, 0) is 23.3 Å². The van der Waals surface area contributed by atoms with Crippen LogP contribution in [0, 0.1) is 11.3 Å². The van der Waals surface area contributed by atoms with Crippen LogP contribution in [0.5, 0.6) is 0 Å². The molecule has 3 aromatic rings. The van der Waals surface area contributed by atoms with Gasteiger partial charge in [-0.2, -0.15) is 5.26 Å². The van der Waals surface area contributed by atoms with E-state index in [4.69, 9.17) is 16.9 Å². The third kappa shape index (κ3) is 3.71. The predicted molar refractivity (Wildman–Crippen MR) is 91.3 cm³/mol. The average Bonchev–Trinajstić information content (AvgIpc) is 3.08. The van der Waals surface area contributed by atoms with Gasteiger partial charge in [-0.15, -0.1) is 0 Å². The van der Waals surface area contributed by atoms with Crippen LogP contribution < -0.4 is 5.32 Å². The summed E-state index contributed by atoms with van der Waals surface area (Å²) in [7, 11) is 0. The fourth-order valence-corrected chi connectivity index (χ4v) is 2.58. The molecule has 0 atom stereocenters. The molecule has 3 rings (SSSR count). The molecule has 0 aliphatic rings. The van der Waals surface area contributed by atoms with Crippen molar-refractivity contribution in [3.8, 4) is 6.07 Å². The van der Waals surface area contributed by atoms with Crippen LogP contribution in [-0.2, 0) is 13.1 Å². The number of halogens is 1. The SMILES string of the molecule is N#Cc1cccc(Cl)c1NCc1ccc(Cn2ccnc2)cc1. The molecular formula is C18H15ClN4. The van der Waals surface area contributed by atoms with E-state index < -0.39 is 0 Å². The number of rotatable bonds is 5. The van der Waals surface area contributed by atoms with E-state index in [1.807, 2.05) is 10.8 Å². The summed E-state index contributed by atoms with van der Waals surface area (Å²) in [5.74, 6) is 0. The summed E-state index contributed by atoms with van der Waals surface area (Å²) in [4.78, 5) is 4.04. The lowest BCUT2D eigenvalue weighted by Gasteiger charge is -2.11. The highest BCUT2D eigenvalue weighted by Gasteiger charge is 2.06. The Morgan fingerprint density at radius 2 is 1.91 bits per heavy atom. The van der Waals surface area contributed by atoms with E-state index in [1.165, 1.54) is 5.56 Å². The fourth-order valence-electron chi connectivity index (χ4n) is 2.34. The first-order chi connectivity index (χ1) is 11.3. The molecule has 0 spiro atoms. The Morgan fingerprint density at radius 1 is 1.13 bits per heavy atom. The summed E-state index contributed by atoms with van der Waals surface area (Å²) in [6.45, 7) is 1.42. The van der Waals surface area contributed by atoms with Crippen molar-refractivity contribution in [3.63, 3.8) is 0 Å². The normalized spacial score (nSPS) is 10.3. The van der Waals surface area contributed by atoms with Crippen LogP contribution in [-0.4, -0.2) is 9.55 Å². The zero-order valence-corrected chi connectivity index (χ0v) is 13.2. The third-order valence-corrected chi connectivity index (χ3v) is 3.87. The molecule has 0 saturated heterocycles. The highest BCUT2D eigenvalue weighted by Crippen LogP contribution is 2.25. The highest BCUT2D eigenvalue weighted by molar-refractivity contribution is 6.33. The van der Waals surface area contributed by atoms with Gasteiger partial charge in [-0.25, -0.2) is 4.98 Å². The van der Waals surface area contributed by atoms with Crippen molar-refractivity contribution in [1.29, 1.82) is 5.26 Å². The number of para-hydroxylation sites is 1. The first-order valence-electron chi connectivity index (χ1n) is 7.22. The van der Waals surface area contributed by atoms with Crippen molar-refractivity contribution in [1.82, 2.24) is 9.55 Å². The van der Waals surface area contributed by atoms with Crippen LogP contribution in [0.2, 0.25) is 5.02 Å². The maximum absolute atomic E-state index is 9.14. The smallest absolute Gasteiger partial charge is 0.101 e. The summed E-state index contributed by atoms with van der Waals surface area (Å²) in [5.41, 5.74) is 3.57. The summed E-state index contributed by atoms with van der Waals surface area (Å²) >= 11 is 6.16. The molecule has 0 bridgehead atoms. The number of nitrogens with one attached hydrogen (secondary N) is 1. The predicted octanol–water partition coefficient (Wildman–Crippen LogP) is 4.07. The molecule has 0 saturated carbocycles. The van der Waals surface area contributed by atoms with Gasteiger partial charge in [0.15, 0.2) is 0 Å². The molecule has 114 valence electrons. The standard InChI is InChI=1S/C18H15ClN4/c19-17-3-1-2-16(10-20)18(17)22-11-14-4-6-15(7-5-14)12-23-9-8-21-13-23/h1-9,13,22H,11-12H2. The summed E-state index contributed by atoms with van der Waals surface area (Å²) in [5, 5.41) is 12.9. The molecule has 0 amide bonds. The molecule has 0 aliphatic heterocycles. The van der Waals surface area contributed by atoms with Crippen molar-refractivity contribution < 1.29 is 0 Å². The Labute approximate surface area is 140 Å². The van der Waals surface area contributed by atoms with E-state index in [1.54, 1.807) is 30.7 Å². The number of imidazole rings is 1. The topological polar surface area (TPSA) is 53.6 Å². The van der Waals surface area contributed by atoms with Crippen molar-refractivity contribution in [2.45, 2.75) is 13.1 Å². The first kappa shape index (κ1) is 15.1. The van der Waals surface area contributed by atoms with Crippen molar-refractivity contribution in [2.75, 3.05) is 5.32 Å². The average molecular weight is 323 g/mol. The van der Waals surface area contributed by atoms with Crippen LogP contribution in [0.4, 0.5) is 5.69 Å². The number of nitrogens with zero attached hydrogens (tertiary/aromatic N) is 3. The van der Waals surface area contributed by atoms with Gasteiger partial charge in [0.25, 0.3) is 0 Å². The Bertz CT molecular complexity index is 817. The lowest BCUT2D eigenvalue weighted by atomic mass is 10.1. The molecule has 0 fully saturated rings. The van der Waals surface area contributed by atoms with E-state index in [0.717, 1.165) is 12.1 Å². The molecule has 1 aromatic heterocycles. The molecule has 5 heteroatoms. The molecule has 23 heavy (non-hydrogen) atoms. The number of nitriles is 1. The van der Waals surface area contributed by atoms with E-state index >= 15 is 0 Å². The molecular weight excluding hydrogens is 308 g/mol. The highest BCUT2D eigenvalue weighted by atomic mass is 35.5. The molecule has 0 radical (unpaired) electrons. The Hall–Kier alpha value is -2.77. The van der Waals surface area contributed by atoms with Gasteiger partial charge in [0.2, 0.25) is 0 Å². The number of benzene rings is 2.